The topological polar surface area (TPSA) is 58.1 Å². The van der Waals surface area contributed by atoms with E-state index in [4.69, 9.17) is 0 Å². The fourth-order valence-corrected chi connectivity index (χ4v) is 3.20. The molecular weight excluding hydrogens is 260 g/mol. The predicted octanol–water partition coefficient (Wildman–Crippen LogP) is 1.88. The third-order valence-corrected chi connectivity index (χ3v) is 4.22. The summed E-state index contributed by atoms with van der Waals surface area (Å²) in [5.41, 5.74) is 0.418. The van der Waals surface area contributed by atoms with Gasteiger partial charge in [-0.25, -0.2) is 4.98 Å². The lowest BCUT2D eigenvalue weighted by Gasteiger charge is -2.37. The smallest absolute Gasteiger partial charge is 0.274 e. The third kappa shape index (κ3) is 3.59. The first kappa shape index (κ1) is 14.1. The maximum absolute atomic E-state index is 12.4. The van der Waals surface area contributed by atoms with Crippen LogP contribution < -0.4 is 5.32 Å². The Morgan fingerprint density at radius 1 is 1.53 bits per heavy atom. The van der Waals surface area contributed by atoms with Gasteiger partial charge in [0.05, 0.1) is 12.4 Å². The molecule has 1 saturated heterocycles. The SMILES string of the molecule is CCNc1cncc(C(=O)N2CCSC(C)(C)C2)n1. The van der Waals surface area contributed by atoms with Crippen molar-refractivity contribution in [1.82, 2.24) is 14.9 Å². The molecule has 2 rings (SSSR count). The highest BCUT2D eigenvalue weighted by molar-refractivity contribution is 8.00. The van der Waals surface area contributed by atoms with Crippen LogP contribution in [-0.2, 0) is 0 Å². The molecule has 1 amide bonds. The van der Waals surface area contributed by atoms with Crippen LogP contribution in [-0.4, -0.2) is 50.9 Å². The summed E-state index contributed by atoms with van der Waals surface area (Å²) >= 11 is 1.91. The number of carbonyl (C=O) groups excluding carboxylic acids is 1. The van der Waals surface area contributed by atoms with E-state index in [1.165, 1.54) is 6.20 Å². The van der Waals surface area contributed by atoms with Crippen molar-refractivity contribution in [3.05, 3.63) is 18.1 Å². The highest BCUT2D eigenvalue weighted by Crippen LogP contribution is 2.29. The van der Waals surface area contributed by atoms with Crippen molar-refractivity contribution in [2.75, 3.05) is 30.7 Å². The van der Waals surface area contributed by atoms with Gasteiger partial charge in [0.1, 0.15) is 11.5 Å². The van der Waals surface area contributed by atoms with Crippen LogP contribution in [0.3, 0.4) is 0 Å². The van der Waals surface area contributed by atoms with Gasteiger partial charge in [-0.1, -0.05) is 0 Å². The summed E-state index contributed by atoms with van der Waals surface area (Å²) in [5, 5.41) is 3.07. The first-order valence-corrected chi connectivity index (χ1v) is 7.49. The van der Waals surface area contributed by atoms with Crippen LogP contribution in [0.15, 0.2) is 12.4 Å². The minimum Gasteiger partial charge on any atom is -0.369 e. The van der Waals surface area contributed by atoms with Crippen molar-refractivity contribution in [1.29, 1.82) is 0 Å². The van der Waals surface area contributed by atoms with Crippen LogP contribution in [0, 0.1) is 0 Å². The largest absolute Gasteiger partial charge is 0.369 e. The van der Waals surface area contributed by atoms with E-state index in [-0.39, 0.29) is 10.7 Å². The molecule has 0 spiro atoms. The first-order valence-electron chi connectivity index (χ1n) is 6.51. The lowest BCUT2D eigenvalue weighted by molar-refractivity contribution is 0.0742. The number of hydrogen-bond donors (Lipinski definition) is 1. The second-order valence-corrected chi connectivity index (χ2v) is 6.96. The number of carbonyl (C=O) groups is 1. The average molecular weight is 280 g/mol. The molecule has 1 N–H and O–H groups in total. The van der Waals surface area contributed by atoms with Gasteiger partial charge >= 0.3 is 0 Å². The molecule has 6 heteroatoms. The van der Waals surface area contributed by atoms with Crippen LogP contribution in [0.1, 0.15) is 31.3 Å². The van der Waals surface area contributed by atoms with Crippen LogP contribution in [0.4, 0.5) is 5.82 Å². The van der Waals surface area contributed by atoms with E-state index in [1.807, 2.05) is 23.6 Å². The number of anilines is 1. The molecule has 0 unspecified atom stereocenters. The summed E-state index contributed by atoms with van der Waals surface area (Å²) in [5.74, 6) is 1.60. The lowest BCUT2D eigenvalue weighted by Crippen LogP contribution is -2.46. The van der Waals surface area contributed by atoms with E-state index in [0.717, 1.165) is 25.4 Å². The highest BCUT2D eigenvalue weighted by Gasteiger charge is 2.30. The zero-order chi connectivity index (χ0) is 13.9. The summed E-state index contributed by atoms with van der Waals surface area (Å²) in [7, 11) is 0. The fraction of sp³-hybridized carbons (Fsp3) is 0.615. The van der Waals surface area contributed by atoms with Gasteiger partial charge in [0.15, 0.2) is 0 Å². The Morgan fingerprint density at radius 3 is 3.00 bits per heavy atom. The number of thioether (sulfide) groups is 1. The Bertz CT molecular complexity index is 464. The summed E-state index contributed by atoms with van der Waals surface area (Å²) in [6.07, 6.45) is 3.17. The van der Waals surface area contributed by atoms with Crippen molar-refractivity contribution in [2.24, 2.45) is 0 Å². The maximum atomic E-state index is 12.4. The predicted molar refractivity (Wildman–Crippen MR) is 78.6 cm³/mol. The Kier molecular flexibility index (Phi) is 4.29. The Morgan fingerprint density at radius 2 is 2.32 bits per heavy atom. The molecule has 19 heavy (non-hydrogen) atoms. The van der Waals surface area contributed by atoms with E-state index in [9.17, 15) is 4.79 Å². The number of aromatic nitrogens is 2. The Labute approximate surface area is 118 Å². The second-order valence-electron chi connectivity index (χ2n) is 5.15. The zero-order valence-electron chi connectivity index (χ0n) is 11.6. The van der Waals surface area contributed by atoms with E-state index in [0.29, 0.717) is 11.5 Å². The third-order valence-electron chi connectivity index (χ3n) is 2.92. The molecule has 1 aromatic heterocycles. The molecule has 104 valence electrons. The monoisotopic (exact) mass is 280 g/mol. The van der Waals surface area contributed by atoms with Gasteiger partial charge in [0.25, 0.3) is 5.91 Å². The van der Waals surface area contributed by atoms with E-state index < -0.39 is 0 Å². The Hall–Kier alpha value is -1.30. The van der Waals surface area contributed by atoms with Gasteiger partial charge in [0, 0.05) is 30.1 Å². The van der Waals surface area contributed by atoms with Crippen molar-refractivity contribution < 1.29 is 4.79 Å². The number of amides is 1. The summed E-state index contributed by atoms with van der Waals surface area (Å²) in [6, 6.07) is 0. The number of hydrogen-bond acceptors (Lipinski definition) is 5. The van der Waals surface area contributed by atoms with Gasteiger partial charge in [-0.15, -0.1) is 0 Å². The maximum Gasteiger partial charge on any atom is 0.274 e. The molecule has 0 aliphatic carbocycles. The van der Waals surface area contributed by atoms with E-state index in [1.54, 1.807) is 6.20 Å². The summed E-state index contributed by atoms with van der Waals surface area (Å²) in [6.45, 7) is 8.61. The van der Waals surface area contributed by atoms with Gasteiger partial charge in [0.2, 0.25) is 0 Å². The summed E-state index contributed by atoms with van der Waals surface area (Å²) in [4.78, 5) is 22.7. The molecule has 1 aromatic rings. The normalized spacial score (nSPS) is 18.2. The minimum absolute atomic E-state index is 0.0272. The van der Waals surface area contributed by atoms with Crippen molar-refractivity contribution >= 4 is 23.5 Å². The van der Waals surface area contributed by atoms with Crippen LogP contribution in [0.5, 0.6) is 0 Å². The van der Waals surface area contributed by atoms with Crippen molar-refractivity contribution in [3.63, 3.8) is 0 Å². The number of rotatable bonds is 3. The van der Waals surface area contributed by atoms with Gasteiger partial charge < -0.3 is 10.2 Å². The zero-order valence-corrected chi connectivity index (χ0v) is 12.5. The van der Waals surface area contributed by atoms with Crippen LogP contribution in [0.2, 0.25) is 0 Å². The number of nitrogens with zero attached hydrogens (tertiary/aromatic N) is 3. The highest BCUT2D eigenvalue weighted by atomic mass is 32.2. The molecule has 0 aromatic carbocycles. The quantitative estimate of drug-likeness (QED) is 0.916. The van der Waals surface area contributed by atoms with Crippen molar-refractivity contribution in [2.45, 2.75) is 25.5 Å². The van der Waals surface area contributed by atoms with Crippen LogP contribution in [0.25, 0.3) is 0 Å². The standard InChI is InChI=1S/C13H20N4OS/c1-4-15-11-8-14-7-10(16-11)12(18)17-5-6-19-13(2,3)9-17/h7-8H,4-6,9H2,1-3H3,(H,15,16). The fourth-order valence-electron chi connectivity index (χ4n) is 2.09. The molecule has 2 heterocycles. The molecular formula is C13H20N4OS. The van der Waals surface area contributed by atoms with Gasteiger partial charge in [-0.05, 0) is 20.8 Å². The molecule has 1 fully saturated rings. The average Bonchev–Trinajstić information content (AvgIpc) is 2.37. The number of nitrogens with one attached hydrogen (secondary N) is 1. The molecule has 0 saturated carbocycles. The molecule has 1 aliphatic heterocycles. The summed E-state index contributed by atoms with van der Waals surface area (Å²) < 4.78 is 0.112. The molecule has 0 atom stereocenters. The molecule has 0 radical (unpaired) electrons. The minimum atomic E-state index is -0.0272. The Balaban J connectivity index is 2.12. The van der Waals surface area contributed by atoms with E-state index in [2.05, 4.69) is 29.1 Å². The lowest BCUT2D eigenvalue weighted by atomic mass is 10.2. The van der Waals surface area contributed by atoms with E-state index >= 15 is 0 Å². The van der Waals surface area contributed by atoms with Gasteiger partial charge in [-0.3, -0.25) is 9.78 Å². The second kappa shape index (κ2) is 5.77. The molecule has 0 bridgehead atoms. The molecule has 1 aliphatic rings. The van der Waals surface area contributed by atoms with Crippen LogP contribution >= 0.6 is 11.8 Å². The van der Waals surface area contributed by atoms with Crippen molar-refractivity contribution in [3.8, 4) is 0 Å². The molecule has 5 nitrogen and oxygen atoms in total. The van der Waals surface area contributed by atoms with Gasteiger partial charge in [-0.2, -0.15) is 11.8 Å². The first-order chi connectivity index (χ1) is 9.02.